The molecule has 30 heavy (non-hydrogen) atoms. The van der Waals surface area contributed by atoms with Gasteiger partial charge in [-0.1, -0.05) is 13.8 Å². The van der Waals surface area contributed by atoms with Gasteiger partial charge in [0.2, 0.25) is 11.6 Å². The number of nitrogens with one attached hydrogen (secondary N) is 2. The van der Waals surface area contributed by atoms with Gasteiger partial charge < -0.3 is 20.1 Å². The number of nitro groups is 1. The molecule has 2 rings (SSSR count). The van der Waals surface area contributed by atoms with Crippen molar-refractivity contribution in [2.24, 2.45) is 5.92 Å². The second-order valence-electron chi connectivity index (χ2n) is 6.69. The van der Waals surface area contributed by atoms with Crippen molar-refractivity contribution in [1.29, 1.82) is 0 Å². The predicted octanol–water partition coefficient (Wildman–Crippen LogP) is 3.16. The Morgan fingerprint density at radius 1 is 1.07 bits per heavy atom. The maximum absolute atomic E-state index is 11.9. The van der Waals surface area contributed by atoms with Gasteiger partial charge in [-0.15, -0.1) is 0 Å². The van der Waals surface area contributed by atoms with Crippen LogP contribution in [0.3, 0.4) is 0 Å². The first kappa shape index (κ1) is 22.5. The zero-order valence-electron chi connectivity index (χ0n) is 17.1. The van der Waals surface area contributed by atoms with Crippen molar-refractivity contribution in [3.05, 3.63) is 45.8 Å². The van der Waals surface area contributed by atoms with Crippen molar-refractivity contribution < 1.29 is 24.0 Å². The highest BCUT2D eigenvalue weighted by atomic mass is 16.6. The smallest absolute Gasteiger partial charge is 0.353 e. The fraction of sp³-hybridized carbons (Fsp3) is 0.368. The van der Waals surface area contributed by atoms with E-state index in [9.17, 15) is 19.7 Å². The summed E-state index contributed by atoms with van der Waals surface area (Å²) < 4.78 is 9.38. The molecule has 2 N–H and O–H groups in total. The van der Waals surface area contributed by atoms with Crippen LogP contribution in [0.5, 0.6) is 0 Å². The number of rotatable bonds is 9. The molecule has 1 heterocycles. The van der Waals surface area contributed by atoms with Crippen LogP contribution in [0.1, 0.15) is 41.0 Å². The monoisotopic (exact) mass is 417 g/mol. The molecule has 0 spiro atoms. The molecule has 0 bridgehead atoms. The minimum atomic E-state index is -0.683. The summed E-state index contributed by atoms with van der Waals surface area (Å²) in [6.45, 7) is 4.58. The first-order chi connectivity index (χ1) is 14.3. The quantitative estimate of drug-likeness (QED) is 0.354. The van der Waals surface area contributed by atoms with Crippen molar-refractivity contribution in [2.75, 3.05) is 31.4 Å². The minimum absolute atomic E-state index is 0.0647. The standard InChI is InChI=1S/C19H23N5O6/c1-11(2)5-6-20-16-15(24(27)28)17(22-10-21-16)23-14-8-12(18(25)29-3)7-13(9-14)19(26)30-4/h7-11H,5-6H2,1-4H3,(H2,20,21,22,23). The Bertz CT molecular complexity index is 913. The van der Waals surface area contributed by atoms with Crippen LogP contribution in [0, 0.1) is 16.0 Å². The molecule has 2 aromatic rings. The Morgan fingerprint density at radius 3 is 2.13 bits per heavy atom. The molecule has 0 radical (unpaired) electrons. The van der Waals surface area contributed by atoms with Crippen LogP contribution >= 0.6 is 0 Å². The lowest BCUT2D eigenvalue weighted by molar-refractivity contribution is -0.383. The number of anilines is 3. The van der Waals surface area contributed by atoms with Gasteiger partial charge >= 0.3 is 17.6 Å². The molecule has 160 valence electrons. The lowest BCUT2D eigenvalue weighted by atomic mass is 10.1. The summed E-state index contributed by atoms with van der Waals surface area (Å²) in [6.07, 6.45) is 1.98. The van der Waals surface area contributed by atoms with E-state index in [1.54, 1.807) is 0 Å². The highest BCUT2D eigenvalue weighted by molar-refractivity contribution is 5.97. The number of benzene rings is 1. The fourth-order valence-electron chi connectivity index (χ4n) is 2.56. The molecule has 0 aliphatic carbocycles. The zero-order valence-corrected chi connectivity index (χ0v) is 17.1. The number of hydrogen-bond acceptors (Lipinski definition) is 10. The van der Waals surface area contributed by atoms with Crippen LogP contribution in [-0.2, 0) is 9.47 Å². The molecular formula is C19H23N5O6. The number of methoxy groups -OCH3 is 2. The van der Waals surface area contributed by atoms with Crippen LogP contribution in [0.25, 0.3) is 0 Å². The highest BCUT2D eigenvalue weighted by Crippen LogP contribution is 2.32. The lowest BCUT2D eigenvalue weighted by Crippen LogP contribution is -2.11. The average Bonchev–Trinajstić information content (AvgIpc) is 2.71. The molecule has 11 heteroatoms. The largest absolute Gasteiger partial charge is 0.465 e. The van der Waals surface area contributed by atoms with Gasteiger partial charge in [-0.2, -0.15) is 0 Å². The van der Waals surface area contributed by atoms with Crippen molar-refractivity contribution >= 4 is 34.9 Å². The fourth-order valence-corrected chi connectivity index (χ4v) is 2.56. The number of carbonyl (C=O) groups excluding carboxylic acids is 2. The van der Waals surface area contributed by atoms with E-state index in [0.717, 1.165) is 6.42 Å². The van der Waals surface area contributed by atoms with E-state index in [2.05, 4.69) is 20.6 Å². The molecular weight excluding hydrogens is 394 g/mol. The van der Waals surface area contributed by atoms with Crippen molar-refractivity contribution in [3.8, 4) is 0 Å². The van der Waals surface area contributed by atoms with Gasteiger partial charge in [0.15, 0.2) is 0 Å². The summed E-state index contributed by atoms with van der Waals surface area (Å²) in [5.74, 6) is -0.988. The Balaban J connectivity index is 2.44. The van der Waals surface area contributed by atoms with Crippen LogP contribution < -0.4 is 10.6 Å². The van der Waals surface area contributed by atoms with Crippen LogP contribution in [0.15, 0.2) is 24.5 Å². The summed E-state index contributed by atoms with van der Waals surface area (Å²) in [5.41, 5.74) is -0.0117. The molecule has 1 aromatic carbocycles. The Hall–Kier alpha value is -3.76. The summed E-state index contributed by atoms with van der Waals surface area (Å²) in [5, 5.41) is 17.4. The molecule has 0 unspecified atom stereocenters. The van der Waals surface area contributed by atoms with Gasteiger partial charge in [-0.3, -0.25) is 10.1 Å². The van der Waals surface area contributed by atoms with E-state index in [1.165, 1.54) is 38.7 Å². The molecule has 0 saturated carbocycles. The first-order valence-corrected chi connectivity index (χ1v) is 9.08. The van der Waals surface area contributed by atoms with Crippen molar-refractivity contribution in [3.63, 3.8) is 0 Å². The molecule has 0 aliphatic heterocycles. The van der Waals surface area contributed by atoms with Gasteiger partial charge in [-0.25, -0.2) is 19.6 Å². The normalized spacial score (nSPS) is 10.4. The van der Waals surface area contributed by atoms with Crippen molar-refractivity contribution in [2.45, 2.75) is 20.3 Å². The molecule has 0 fully saturated rings. The molecule has 1 aromatic heterocycles. The molecule has 0 saturated heterocycles. The number of aromatic nitrogens is 2. The summed E-state index contributed by atoms with van der Waals surface area (Å²) in [7, 11) is 2.40. The maximum atomic E-state index is 11.9. The molecule has 0 aliphatic rings. The van der Waals surface area contributed by atoms with E-state index in [1.807, 2.05) is 13.8 Å². The second-order valence-corrected chi connectivity index (χ2v) is 6.69. The SMILES string of the molecule is COC(=O)c1cc(Nc2ncnc(NCCC(C)C)c2[N+](=O)[O-])cc(C(=O)OC)c1. The van der Waals surface area contributed by atoms with Gasteiger partial charge in [0, 0.05) is 12.2 Å². The topological polar surface area (TPSA) is 146 Å². The molecule has 0 amide bonds. The maximum Gasteiger partial charge on any atom is 0.353 e. The van der Waals surface area contributed by atoms with Crippen LogP contribution in [-0.4, -0.2) is 47.6 Å². The Labute approximate surface area is 173 Å². The average molecular weight is 417 g/mol. The number of ether oxygens (including phenoxy) is 2. The third-order valence-corrected chi connectivity index (χ3v) is 4.06. The summed E-state index contributed by atoms with van der Waals surface area (Å²) in [4.78, 5) is 42.9. The van der Waals surface area contributed by atoms with Gasteiger partial charge in [0.25, 0.3) is 0 Å². The second kappa shape index (κ2) is 10.1. The predicted molar refractivity (Wildman–Crippen MR) is 109 cm³/mol. The number of nitrogens with zero attached hydrogens (tertiary/aromatic N) is 3. The van der Waals surface area contributed by atoms with E-state index in [0.29, 0.717) is 12.5 Å². The Morgan fingerprint density at radius 2 is 1.63 bits per heavy atom. The third kappa shape index (κ3) is 5.63. The number of carbonyl (C=O) groups is 2. The highest BCUT2D eigenvalue weighted by Gasteiger charge is 2.24. The van der Waals surface area contributed by atoms with E-state index < -0.39 is 16.9 Å². The first-order valence-electron chi connectivity index (χ1n) is 9.08. The number of esters is 2. The van der Waals surface area contributed by atoms with E-state index in [4.69, 9.17) is 9.47 Å². The lowest BCUT2D eigenvalue weighted by Gasteiger charge is -2.12. The van der Waals surface area contributed by atoms with Crippen LogP contribution in [0.4, 0.5) is 23.0 Å². The zero-order chi connectivity index (χ0) is 22.3. The van der Waals surface area contributed by atoms with Gasteiger partial charge in [0.05, 0.1) is 30.3 Å². The third-order valence-electron chi connectivity index (χ3n) is 4.06. The van der Waals surface area contributed by atoms with Crippen LogP contribution in [0.2, 0.25) is 0 Å². The summed E-state index contributed by atoms with van der Waals surface area (Å²) >= 11 is 0. The molecule has 11 nitrogen and oxygen atoms in total. The minimum Gasteiger partial charge on any atom is -0.465 e. The summed E-state index contributed by atoms with van der Waals surface area (Å²) in [6, 6.07) is 4.07. The van der Waals surface area contributed by atoms with Gasteiger partial charge in [0.1, 0.15) is 6.33 Å². The number of hydrogen-bond donors (Lipinski definition) is 2. The van der Waals surface area contributed by atoms with Crippen molar-refractivity contribution in [1.82, 2.24) is 9.97 Å². The molecule has 0 atom stereocenters. The van der Waals surface area contributed by atoms with E-state index in [-0.39, 0.29) is 34.1 Å². The Kier molecular flexibility index (Phi) is 7.62. The van der Waals surface area contributed by atoms with Gasteiger partial charge in [-0.05, 0) is 30.5 Å². The van der Waals surface area contributed by atoms with E-state index >= 15 is 0 Å².